The first-order chi connectivity index (χ1) is 14.0. The maximum Gasteiger partial charge on any atom is 0.573 e. The molecule has 1 fully saturated rings. The van der Waals surface area contributed by atoms with E-state index in [1.165, 1.54) is 18.3 Å². The molecule has 0 radical (unpaired) electrons. The molecule has 1 aliphatic rings. The van der Waals surface area contributed by atoms with E-state index in [4.69, 9.17) is 4.74 Å². The summed E-state index contributed by atoms with van der Waals surface area (Å²) in [6, 6.07) is 3.73. The highest BCUT2D eigenvalue weighted by atomic mass is 79.9. The zero-order chi connectivity index (χ0) is 21.9. The minimum absolute atomic E-state index is 0.0309. The van der Waals surface area contributed by atoms with Crippen LogP contribution in [0, 0.1) is 0 Å². The van der Waals surface area contributed by atoms with Gasteiger partial charge in [-0.25, -0.2) is 4.98 Å². The smallest absolute Gasteiger partial charge is 0.406 e. The highest BCUT2D eigenvalue weighted by Crippen LogP contribution is 2.32. The van der Waals surface area contributed by atoms with Crippen LogP contribution < -0.4 is 15.6 Å². The number of halogens is 6. The maximum absolute atomic E-state index is 12.8. The average molecular weight is 497 g/mol. The Bertz CT molecular complexity index is 902. The molecule has 0 spiro atoms. The predicted molar refractivity (Wildman–Crippen MR) is 97.6 cm³/mol. The van der Waals surface area contributed by atoms with Gasteiger partial charge >= 0.3 is 17.1 Å². The number of aromatic nitrogens is 2. The number of carbonyl (C=O) groups is 1. The Morgan fingerprint density at radius 2 is 1.90 bits per heavy atom. The van der Waals surface area contributed by atoms with Crippen LogP contribution in [0.25, 0.3) is 11.3 Å². The number of nitrogens with one attached hydrogen (secondary N) is 2. The fourth-order valence-electron chi connectivity index (χ4n) is 2.30. The molecule has 0 unspecified atom stereocenters. The summed E-state index contributed by atoms with van der Waals surface area (Å²) in [5.74, 6) is -2.06. The fourth-order valence-corrected chi connectivity index (χ4v) is 2.40. The van der Waals surface area contributed by atoms with Crippen LogP contribution >= 0.6 is 15.9 Å². The molecule has 30 heavy (non-hydrogen) atoms. The van der Waals surface area contributed by atoms with Gasteiger partial charge in [-0.1, -0.05) is 0 Å². The molecule has 3 rings (SSSR count). The Labute approximate surface area is 175 Å². The van der Waals surface area contributed by atoms with E-state index in [0.717, 1.165) is 25.1 Å². The summed E-state index contributed by atoms with van der Waals surface area (Å²) in [4.78, 5) is 15.4. The van der Waals surface area contributed by atoms with Gasteiger partial charge in [-0.15, -0.1) is 13.2 Å². The average Bonchev–Trinajstić information content (AvgIpc) is 3.47. The molecular formula is C17H14BrF5N4O3. The van der Waals surface area contributed by atoms with Crippen molar-refractivity contribution in [1.29, 1.82) is 0 Å². The monoisotopic (exact) mass is 496 g/mol. The lowest BCUT2D eigenvalue weighted by Gasteiger charge is -2.14. The molecule has 2 N–H and O–H groups in total. The first-order valence-corrected chi connectivity index (χ1v) is 9.26. The van der Waals surface area contributed by atoms with Crippen molar-refractivity contribution in [3.8, 4) is 17.0 Å². The van der Waals surface area contributed by atoms with Crippen molar-refractivity contribution in [1.82, 2.24) is 15.4 Å². The van der Waals surface area contributed by atoms with Crippen molar-refractivity contribution in [2.45, 2.75) is 36.7 Å². The molecule has 162 valence electrons. The SMILES string of the molecule is O=C(NNc1cnc(-c2ccc(OC(F)(F)F)cc2COC2CC2)cn1)C(F)(F)Br. The van der Waals surface area contributed by atoms with Crippen LogP contribution in [0.4, 0.5) is 27.8 Å². The summed E-state index contributed by atoms with van der Waals surface area (Å²) in [5, 5.41) is 0. The highest BCUT2D eigenvalue weighted by Gasteiger charge is 2.35. The molecule has 1 aromatic heterocycles. The highest BCUT2D eigenvalue weighted by molar-refractivity contribution is 9.10. The molecule has 0 saturated heterocycles. The number of ether oxygens (including phenoxy) is 2. The number of carbonyl (C=O) groups excluding carboxylic acids is 1. The van der Waals surface area contributed by atoms with Crippen LogP contribution in [0.2, 0.25) is 0 Å². The topological polar surface area (TPSA) is 85.4 Å². The first-order valence-electron chi connectivity index (χ1n) is 8.47. The number of rotatable bonds is 8. The summed E-state index contributed by atoms with van der Waals surface area (Å²) >= 11 is 1.91. The van der Waals surface area contributed by atoms with E-state index in [1.807, 2.05) is 15.9 Å². The van der Waals surface area contributed by atoms with Crippen LogP contribution in [0.5, 0.6) is 5.75 Å². The van der Waals surface area contributed by atoms with Gasteiger partial charge in [0, 0.05) is 21.5 Å². The Hall–Kier alpha value is -2.54. The van der Waals surface area contributed by atoms with Gasteiger partial charge in [-0.05, 0) is 36.6 Å². The zero-order valence-electron chi connectivity index (χ0n) is 15.0. The molecule has 1 amide bonds. The molecule has 1 heterocycles. The summed E-state index contributed by atoms with van der Waals surface area (Å²) in [6.45, 7) is 0.0487. The Kier molecular flexibility index (Phi) is 6.41. The summed E-state index contributed by atoms with van der Waals surface area (Å²) < 4.78 is 72.6. The molecule has 2 aromatic rings. The van der Waals surface area contributed by atoms with Crippen molar-refractivity contribution >= 4 is 27.7 Å². The zero-order valence-corrected chi connectivity index (χ0v) is 16.6. The van der Waals surface area contributed by atoms with E-state index in [0.29, 0.717) is 16.8 Å². The van der Waals surface area contributed by atoms with Crippen molar-refractivity contribution < 1.29 is 36.2 Å². The third-order valence-electron chi connectivity index (χ3n) is 3.80. The normalized spacial score (nSPS) is 14.3. The fraction of sp³-hybridized carbons (Fsp3) is 0.353. The second kappa shape index (κ2) is 8.68. The minimum Gasteiger partial charge on any atom is -0.406 e. The van der Waals surface area contributed by atoms with E-state index < -0.39 is 22.9 Å². The van der Waals surface area contributed by atoms with E-state index in [-0.39, 0.29) is 18.5 Å². The van der Waals surface area contributed by atoms with E-state index in [9.17, 15) is 26.7 Å². The molecule has 7 nitrogen and oxygen atoms in total. The second-order valence-electron chi connectivity index (χ2n) is 6.24. The van der Waals surface area contributed by atoms with Crippen LogP contribution in [0.3, 0.4) is 0 Å². The van der Waals surface area contributed by atoms with Crippen LogP contribution in [-0.4, -0.2) is 33.2 Å². The van der Waals surface area contributed by atoms with E-state index in [1.54, 1.807) is 5.43 Å². The van der Waals surface area contributed by atoms with Gasteiger partial charge in [0.15, 0.2) is 5.82 Å². The molecule has 1 aliphatic carbocycles. The van der Waals surface area contributed by atoms with Crippen molar-refractivity contribution in [3.05, 3.63) is 36.2 Å². The lowest BCUT2D eigenvalue weighted by Crippen LogP contribution is -2.39. The number of alkyl halides is 6. The number of hydrogen-bond donors (Lipinski definition) is 2. The van der Waals surface area contributed by atoms with E-state index >= 15 is 0 Å². The quantitative estimate of drug-likeness (QED) is 0.324. The molecule has 0 aliphatic heterocycles. The predicted octanol–water partition coefficient (Wildman–Crippen LogP) is 4.15. The maximum atomic E-state index is 12.8. The molecule has 1 aromatic carbocycles. The molecular weight excluding hydrogens is 483 g/mol. The minimum atomic E-state index is -4.83. The summed E-state index contributed by atoms with van der Waals surface area (Å²) in [5.41, 5.74) is 5.09. The van der Waals surface area contributed by atoms with Gasteiger partial charge < -0.3 is 9.47 Å². The number of hydrazine groups is 1. The molecule has 1 saturated carbocycles. The van der Waals surface area contributed by atoms with Gasteiger partial charge in [0.1, 0.15) is 5.75 Å². The van der Waals surface area contributed by atoms with Gasteiger partial charge in [0.25, 0.3) is 0 Å². The van der Waals surface area contributed by atoms with Crippen molar-refractivity contribution in [3.63, 3.8) is 0 Å². The Morgan fingerprint density at radius 1 is 1.17 bits per heavy atom. The van der Waals surface area contributed by atoms with Gasteiger partial charge in [-0.3, -0.25) is 20.6 Å². The molecule has 13 heteroatoms. The van der Waals surface area contributed by atoms with Crippen LogP contribution in [-0.2, 0) is 16.1 Å². The van der Waals surface area contributed by atoms with Gasteiger partial charge in [0.2, 0.25) is 0 Å². The summed E-state index contributed by atoms with van der Waals surface area (Å²) in [7, 11) is 0. The van der Waals surface area contributed by atoms with Gasteiger partial charge in [0.05, 0.1) is 30.8 Å². The Morgan fingerprint density at radius 3 is 2.47 bits per heavy atom. The standard InChI is InChI=1S/C17H14BrF5N4O3/c18-16(19,20)15(28)27-26-14-7-24-13(6-25-14)12-4-3-11(30-17(21,22)23)5-9(12)8-29-10-1-2-10/h3-7,10H,1-2,8H2,(H,25,26)(H,27,28). The second-order valence-corrected chi connectivity index (χ2v) is 7.24. The lowest BCUT2D eigenvalue weighted by atomic mass is 10.0. The first kappa shape index (κ1) is 22.2. The number of anilines is 1. The molecule has 0 atom stereocenters. The number of amides is 1. The summed E-state index contributed by atoms with van der Waals surface area (Å²) in [6.07, 6.45) is -0.575. The number of nitrogens with zero attached hydrogens (tertiary/aromatic N) is 2. The number of benzene rings is 1. The molecule has 0 bridgehead atoms. The largest absolute Gasteiger partial charge is 0.573 e. The number of hydrogen-bond acceptors (Lipinski definition) is 6. The third kappa shape index (κ3) is 6.49. The third-order valence-corrected chi connectivity index (χ3v) is 4.16. The van der Waals surface area contributed by atoms with Crippen LogP contribution in [0.1, 0.15) is 18.4 Å². The van der Waals surface area contributed by atoms with Crippen molar-refractivity contribution in [2.75, 3.05) is 5.43 Å². The van der Waals surface area contributed by atoms with Crippen molar-refractivity contribution in [2.24, 2.45) is 0 Å². The van der Waals surface area contributed by atoms with Gasteiger partial charge in [-0.2, -0.15) is 8.78 Å². The Balaban J connectivity index is 1.76. The lowest BCUT2D eigenvalue weighted by molar-refractivity contribution is -0.274. The van der Waals surface area contributed by atoms with Crippen LogP contribution in [0.15, 0.2) is 30.6 Å². The van der Waals surface area contributed by atoms with E-state index in [2.05, 4.69) is 20.1 Å².